The Morgan fingerprint density at radius 3 is 2.33 bits per heavy atom. The van der Waals surface area contributed by atoms with Crippen molar-refractivity contribution >= 4 is 34.2 Å². The number of allylic oxidation sites excluding steroid dienone is 2. The first-order valence-electron chi connectivity index (χ1n) is 13.3. The Kier molecular flexibility index (Phi) is 7.18. The third kappa shape index (κ3) is 5.27. The van der Waals surface area contributed by atoms with Crippen molar-refractivity contribution in [1.29, 1.82) is 0 Å². The number of furan rings is 1. The van der Waals surface area contributed by atoms with E-state index in [2.05, 4.69) is 30.4 Å². The molecule has 6 rings (SSSR count). The molecule has 0 spiro atoms. The standard InChI is InChI=1S/C35H28FN3O/c1-37-35(34-23-27-14-8-9-18-33(27)40-34)30(17-10-13-25-11-4-2-5-12-25)32-24-31(26-19-21-28(36)22-20-26)38-39(32)29-15-6-3-7-16-29/h2-23,32H,24H2,1H3/b13-10-,30-17-,37-35?. The first-order chi connectivity index (χ1) is 19.7. The summed E-state index contributed by atoms with van der Waals surface area (Å²) < 4.78 is 20.0. The highest BCUT2D eigenvalue weighted by molar-refractivity contribution is 6.15. The number of para-hydroxylation sites is 2. The van der Waals surface area contributed by atoms with E-state index in [1.807, 2.05) is 83.9 Å². The minimum atomic E-state index is -0.268. The number of fused-ring (bicyclic) bond motifs is 1. The van der Waals surface area contributed by atoms with E-state index in [1.54, 1.807) is 19.2 Å². The molecule has 2 heterocycles. The molecule has 5 heteroatoms. The van der Waals surface area contributed by atoms with E-state index in [1.165, 1.54) is 12.1 Å². The summed E-state index contributed by atoms with van der Waals surface area (Å²) in [5, 5.41) is 8.11. The van der Waals surface area contributed by atoms with E-state index < -0.39 is 0 Å². The van der Waals surface area contributed by atoms with Gasteiger partial charge in [-0.15, -0.1) is 0 Å². The van der Waals surface area contributed by atoms with Crippen molar-refractivity contribution in [2.75, 3.05) is 12.1 Å². The van der Waals surface area contributed by atoms with Crippen LogP contribution in [0.4, 0.5) is 10.1 Å². The Balaban J connectivity index is 1.46. The average Bonchev–Trinajstić information content (AvgIpc) is 3.63. The third-order valence-electron chi connectivity index (χ3n) is 6.99. The number of nitrogens with zero attached hydrogens (tertiary/aromatic N) is 3. The van der Waals surface area contributed by atoms with Crippen LogP contribution in [0.3, 0.4) is 0 Å². The van der Waals surface area contributed by atoms with Crippen molar-refractivity contribution in [3.8, 4) is 0 Å². The fourth-order valence-corrected chi connectivity index (χ4v) is 5.04. The zero-order valence-electron chi connectivity index (χ0n) is 22.1. The largest absolute Gasteiger partial charge is 0.454 e. The maximum absolute atomic E-state index is 13.7. The Morgan fingerprint density at radius 1 is 0.900 bits per heavy atom. The normalized spacial score (nSPS) is 16.2. The Hall–Kier alpha value is -5.03. The maximum atomic E-state index is 13.7. The summed E-state index contributed by atoms with van der Waals surface area (Å²) in [4.78, 5) is 4.76. The quantitative estimate of drug-likeness (QED) is 0.158. The monoisotopic (exact) mass is 525 g/mol. The van der Waals surface area contributed by atoms with E-state index in [9.17, 15) is 4.39 Å². The van der Waals surface area contributed by atoms with Gasteiger partial charge in [0.1, 0.15) is 17.1 Å². The van der Waals surface area contributed by atoms with E-state index >= 15 is 0 Å². The number of hydrogen-bond acceptors (Lipinski definition) is 4. The van der Waals surface area contributed by atoms with Crippen LogP contribution in [0.25, 0.3) is 17.0 Å². The molecule has 196 valence electrons. The van der Waals surface area contributed by atoms with Gasteiger partial charge in [0.2, 0.25) is 0 Å². The Morgan fingerprint density at radius 2 is 1.60 bits per heavy atom. The van der Waals surface area contributed by atoms with E-state index in [0.29, 0.717) is 12.2 Å². The van der Waals surface area contributed by atoms with Crippen LogP contribution in [-0.4, -0.2) is 24.5 Å². The van der Waals surface area contributed by atoms with Crippen LogP contribution in [0.2, 0.25) is 0 Å². The van der Waals surface area contributed by atoms with Gasteiger partial charge in [-0.3, -0.25) is 10.0 Å². The van der Waals surface area contributed by atoms with E-state index in [0.717, 1.165) is 44.8 Å². The van der Waals surface area contributed by atoms with Crippen LogP contribution in [0.5, 0.6) is 0 Å². The molecule has 1 aliphatic heterocycles. The number of halogens is 1. The van der Waals surface area contributed by atoms with Gasteiger partial charge in [-0.1, -0.05) is 97.1 Å². The first-order valence-corrected chi connectivity index (χ1v) is 13.3. The number of aliphatic imine (C=N–C) groups is 1. The van der Waals surface area contributed by atoms with E-state index in [4.69, 9.17) is 14.5 Å². The second-order valence-corrected chi connectivity index (χ2v) is 9.57. The summed E-state index contributed by atoms with van der Waals surface area (Å²) in [6.07, 6.45) is 6.85. The topological polar surface area (TPSA) is 41.1 Å². The molecule has 0 N–H and O–H groups in total. The minimum absolute atomic E-state index is 0.171. The molecule has 1 aromatic heterocycles. The van der Waals surface area contributed by atoms with Gasteiger partial charge in [0, 0.05) is 24.4 Å². The summed E-state index contributed by atoms with van der Waals surface area (Å²) in [6.45, 7) is 0. The molecule has 4 nitrogen and oxygen atoms in total. The summed E-state index contributed by atoms with van der Waals surface area (Å²) >= 11 is 0. The summed E-state index contributed by atoms with van der Waals surface area (Å²) in [5.74, 6) is 0.432. The summed E-state index contributed by atoms with van der Waals surface area (Å²) in [5.41, 5.74) is 6.38. The molecule has 1 unspecified atom stereocenters. The lowest BCUT2D eigenvalue weighted by Crippen LogP contribution is -2.32. The fourth-order valence-electron chi connectivity index (χ4n) is 5.04. The van der Waals surface area contributed by atoms with Crippen LogP contribution in [-0.2, 0) is 0 Å². The van der Waals surface area contributed by atoms with Gasteiger partial charge in [-0.05, 0) is 47.5 Å². The number of hydrazone groups is 1. The smallest absolute Gasteiger partial charge is 0.153 e. The van der Waals surface area contributed by atoms with Crippen LogP contribution >= 0.6 is 0 Å². The Labute approximate surface area is 233 Å². The van der Waals surface area contributed by atoms with Crippen molar-refractivity contribution in [2.24, 2.45) is 10.1 Å². The number of rotatable bonds is 7. The van der Waals surface area contributed by atoms with Gasteiger partial charge in [-0.25, -0.2) is 4.39 Å². The molecule has 0 fully saturated rings. The minimum Gasteiger partial charge on any atom is -0.454 e. The molecular formula is C35H28FN3O. The first kappa shape index (κ1) is 25.3. The molecule has 4 aromatic carbocycles. The highest BCUT2D eigenvalue weighted by Crippen LogP contribution is 2.33. The van der Waals surface area contributed by atoms with Gasteiger partial charge in [0.05, 0.1) is 17.4 Å². The molecule has 1 aliphatic rings. The highest BCUT2D eigenvalue weighted by atomic mass is 19.1. The van der Waals surface area contributed by atoms with Crippen molar-refractivity contribution in [1.82, 2.24) is 0 Å². The molecule has 5 aromatic rings. The second kappa shape index (κ2) is 11.4. The summed E-state index contributed by atoms with van der Waals surface area (Å²) in [7, 11) is 1.79. The van der Waals surface area contributed by atoms with Crippen LogP contribution in [0, 0.1) is 5.82 Å². The van der Waals surface area contributed by atoms with Crippen molar-refractivity contribution < 1.29 is 8.81 Å². The van der Waals surface area contributed by atoms with Gasteiger partial charge in [-0.2, -0.15) is 5.10 Å². The molecule has 0 bridgehead atoms. The molecule has 0 amide bonds. The molecule has 1 atom stereocenters. The molecule has 0 radical (unpaired) electrons. The summed E-state index contributed by atoms with van der Waals surface area (Å²) in [6, 6.07) is 36.6. The number of hydrogen-bond donors (Lipinski definition) is 0. The second-order valence-electron chi connectivity index (χ2n) is 9.57. The van der Waals surface area contributed by atoms with E-state index in [-0.39, 0.29) is 11.9 Å². The fraction of sp³-hybridized carbons (Fsp3) is 0.0857. The number of anilines is 1. The van der Waals surface area contributed by atoms with Gasteiger partial charge >= 0.3 is 0 Å². The van der Waals surface area contributed by atoms with Crippen molar-refractivity contribution in [3.63, 3.8) is 0 Å². The third-order valence-corrected chi connectivity index (χ3v) is 6.99. The average molecular weight is 526 g/mol. The Bertz CT molecular complexity index is 1700. The lowest BCUT2D eigenvalue weighted by molar-refractivity contribution is 0.603. The van der Waals surface area contributed by atoms with Gasteiger partial charge < -0.3 is 4.42 Å². The molecular weight excluding hydrogens is 497 g/mol. The molecule has 0 saturated heterocycles. The number of benzene rings is 4. The predicted molar refractivity (Wildman–Crippen MR) is 162 cm³/mol. The lowest BCUT2D eigenvalue weighted by Gasteiger charge is -2.26. The van der Waals surface area contributed by atoms with Crippen LogP contribution in [0.1, 0.15) is 23.3 Å². The lowest BCUT2D eigenvalue weighted by atomic mass is 9.93. The highest BCUT2D eigenvalue weighted by Gasteiger charge is 2.34. The van der Waals surface area contributed by atoms with Gasteiger partial charge in [0.25, 0.3) is 0 Å². The van der Waals surface area contributed by atoms with Gasteiger partial charge in [0.15, 0.2) is 5.76 Å². The molecule has 0 saturated carbocycles. The maximum Gasteiger partial charge on any atom is 0.153 e. The SMILES string of the molecule is CN=C(/C(=C\C=C/c1ccccc1)C1CC(c2ccc(F)cc2)=NN1c1ccccc1)c1cc2ccccc2o1. The van der Waals surface area contributed by atoms with Crippen LogP contribution in [0.15, 0.2) is 147 Å². The van der Waals surface area contributed by atoms with Crippen LogP contribution < -0.4 is 5.01 Å². The zero-order chi connectivity index (χ0) is 27.3. The zero-order valence-corrected chi connectivity index (χ0v) is 22.1. The van der Waals surface area contributed by atoms with Crippen molar-refractivity contribution in [2.45, 2.75) is 12.5 Å². The predicted octanol–water partition coefficient (Wildman–Crippen LogP) is 8.31. The van der Waals surface area contributed by atoms with Crippen molar-refractivity contribution in [3.05, 3.63) is 156 Å². The molecule has 40 heavy (non-hydrogen) atoms. The molecule has 0 aliphatic carbocycles.